The van der Waals surface area contributed by atoms with E-state index in [0.29, 0.717) is 49.8 Å². The number of morpholine rings is 1. The van der Waals surface area contributed by atoms with Gasteiger partial charge in [-0.3, -0.25) is 0 Å². The Labute approximate surface area is 169 Å². The van der Waals surface area contributed by atoms with Gasteiger partial charge in [0.05, 0.1) is 13.2 Å². The van der Waals surface area contributed by atoms with E-state index in [9.17, 15) is 4.39 Å². The number of nitrogens with zero attached hydrogens (tertiary/aromatic N) is 4. The van der Waals surface area contributed by atoms with Gasteiger partial charge in [-0.05, 0) is 55.3 Å². The van der Waals surface area contributed by atoms with Crippen LogP contribution in [0.15, 0.2) is 42.5 Å². The first-order valence-corrected chi connectivity index (χ1v) is 9.52. The fourth-order valence-electron chi connectivity index (χ4n) is 3.02. The number of nitrogens with one attached hydrogen (secondary N) is 2. The van der Waals surface area contributed by atoms with Crippen LogP contribution in [0.1, 0.15) is 11.1 Å². The Bertz CT molecular complexity index is 1010. The molecule has 150 valence electrons. The first-order valence-electron chi connectivity index (χ1n) is 9.52. The number of hydrogen-bond donors (Lipinski definition) is 2. The molecule has 0 bridgehead atoms. The summed E-state index contributed by atoms with van der Waals surface area (Å²) in [6.45, 7) is 6.78. The van der Waals surface area contributed by atoms with Crippen LogP contribution < -0.4 is 15.5 Å². The summed E-state index contributed by atoms with van der Waals surface area (Å²) in [6, 6.07) is 12.3. The van der Waals surface area contributed by atoms with E-state index >= 15 is 0 Å². The Morgan fingerprint density at radius 3 is 2.21 bits per heavy atom. The highest BCUT2D eigenvalue weighted by Crippen LogP contribution is 2.22. The average Bonchev–Trinajstić information content (AvgIpc) is 2.71. The lowest BCUT2D eigenvalue weighted by molar-refractivity contribution is 0.122. The number of ether oxygens (including phenoxy) is 1. The van der Waals surface area contributed by atoms with Gasteiger partial charge in [-0.25, -0.2) is 4.39 Å². The maximum Gasteiger partial charge on any atom is 0.233 e. The van der Waals surface area contributed by atoms with Crippen molar-refractivity contribution in [3.63, 3.8) is 0 Å². The van der Waals surface area contributed by atoms with Crippen LogP contribution in [-0.4, -0.2) is 41.3 Å². The number of rotatable bonds is 5. The largest absolute Gasteiger partial charge is 0.378 e. The highest BCUT2D eigenvalue weighted by Gasteiger charge is 2.17. The van der Waals surface area contributed by atoms with E-state index < -0.39 is 0 Å². The molecular weight excluding hydrogens is 371 g/mol. The summed E-state index contributed by atoms with van der Waals surface area (Å²) in [4.78, 5) is 15.6. The molecule has 1 aliphatic heterocycles. The van der Waals surface area contributed by atoms with Gasteiger partial charge in [0.1, 0.15) is 5.82 Å². The maximum atomic E-state index is 13.5. The van der Waals surface area contributed by atoms with Crippen molar-refractivity contribution in [2.45, 2.75) is 13.8 Å². The van der Waals surface area contributed by atoms with Crippen LogP contribution in [-0.2, 0) is 4.74 Å². The molecule has 4 rings (SSSR count). The zero-order valence-electron chi connectivity index (χ0n) is 16.4. The van der Waals surface area contributed by atoms with Crippen LogP contribution in [0, 0.1) is 19.7 Å². The van der Waals surface area contributed by atoms with E-state index in [4.69, 9.17) is 4.74 Å². The first-order chi connectivity index (χ1) is 14.1. The Kier molecular flexibility index (Phi) is 5.53. The Hall–Kier alpha value is -3.26. The molecule has 0 amide bonds. The molecule has 7 nitrogen and oxygen atoms in total. The number of benzene rings is 2. The zero-order valence-corrected chi connectivity index (χ0v) is 16.4. The second-order valence-corrected chi connectivity index (χ2v) is 6.94. The lowest BCUT2D eigenvalue weighted by atomic mass is 10.1. The molecule has 8 heteroatoms. The van der Waals surface area contributed by atoms with Gasteiger partial charge in [-0.1, -0.05) is 12.1 Å². The predicted molar refractivity (Wildman–Crippen MR) is 112 cm³/mol. The molecule has 29 heavy (non-hydrogen) atoms. The summed E-state index contributed by atoms with van der Waals surface area (Å²) in [5.41, 5.74) is 3.86. The number of aryl methyl sites for hydroxylation is 2. The zero-order chi connectivity index (χ0) is 20.2. The fourth-order valence-corrected chi connectivity index (χ4v) is 3.02. The SMILES string of the molecule is Cc1ccc(Nc2nc(Nc3cccc(F)c3)nc(N3CCOCC3)n2)cc1C. The highest BCUT2D eigenvalue weighted by molar-refractivity contribution is 5.60. The number of anilines is 5. The monoisotopic (exact) mass is 394 g/mol. The van der Waals surface area contributed by atoms with Crippen LogP contribution in [0.2, 0.25) is 0 Å². The van der Waals surface area contributed by atoms with E-state index in [1.54, 1.807) is 12.1 Å². The Balaban J connectivity index is 1.65. The molecule has 0 spiro atoms. The number of hydrogen-bond acceptors (Lipinski definition) is 7. The van der Waals surface area contributed by atoms with Crippen molar-refractivity contribution in [3.8, 4) is 0 Å². The summed E-state index contributed by atoms with van der Waals surface area (Å²) >= 11 is 0. The van der Waals surface area contributed by atoms with Gasteiger partial charge in [-0.2, -0.15) is 15.0 Å². The van der Waals surface area contributed by atoms with Crippen molar-refractivity contribution in [1.29, 1.82) is 0 Å². The van der Waals surface area contributed by atoms with Crippen LogP contribution in [0.3, 0.4) is 0 Å². The van der Waals surface area contributed by atoms with Gasteiger partial charge < -0.3 is 20.3 Å². The summed E-state index contributed by atoms with van der Waals surface area (Å²) in [7, 11) is 0. The van der Waals surface area contributed by atoms with Gasteiger partial charge in [-0.15, -0.1) is 0 Å². The molecule has 3 aromatic rings. The van der Waals surface area contributed by atoms with Crippen molar-refractivity contribution in [2.75, 3.05) is 41.8 Å². The minimum absolute atomic E-state index is 0.328. The average molecular weight is 394 g/mol. The summed E-state index contributed by atoms with van der Waals surface area (Å²) < 4.78 is 19.0. The molecule has 2 heterocycles. The van der Waals surface area contributed by atoms with Gasteiger partial charge >= 0.3 is 0 Å². The van der Waals surface area contributed by atoms with Crippen LogP contribution in [0.25, 0.3) is 0 Å². The number of aromatic nitrogens is 3. The number of halogens is 1. The third-order valence-electron chi connectivity index (χ3n) is 4.76. The minimum atomic E-state index is -0.328. The molecule has 1 saturated heterocycles. The second-order valence-electron chi connectivity index (χ2n) is 6.94. The molecule has 0 aliphatic carbocycles. The highest BCUT2D eigenvalue weighted by atomic mass is 19.1. The van der Waals surface area contributed by atoms with Crippen molar-refractivity contribution in [3.05, 3.63) is 59.4 Å². The molecule has 0 radical (unpaired) electrons. The molecular formula is C21H23FN6O. The van der Waals surface area contributed by atoms with E-state index in [1.807, 2.05) is 23.1 Å². The smallest absolute Gasteiger partial charge is 0.233 e. The molecule has 1 aromatic heterocycles. The van der Waals surface area contributed by atoms with Gasteiger partial charge in [0.2, 0.25) is 17.8 Å². The molecule has 0 atom stereocenters. The summed E-state index contributed by atoms with van der Waals surface area (Å²) in [6.07, 6.45) is 0. The molecule has 1 aliphatic rings. The van der Waals surface area contributed by atoms with Crippen LogP contribution in [0.4, 0.5) is 33.6 Å². The van der Waals surface area contributed by atoms with Crippen LogP contribution >= 0.6 is 0 Å². The molecule has 1 fully saturated rings. The van der Waals surface area contributed by atoms with Crippen molar-refractivity contribution < 1.29 is 9.13 Å². The minimum Gasteiger partial charge on any atom is -0.378 e. The van der Waals surface area contributed by atoms with E-state index in [-0.39, 0.29) is 5.82 Å². The van der Waals surface area contributed by atoms with Crippen molar-refractivity contribution >= 4 is 29.2 Å². The Morgan fingerprint density at radius 1 is 0.862 bits per heavy atom. The van der Waals surface area contributed by atoms with E-state index in [1.165, 1.54) is 23.3 Å². The van der Waals surface area contributed by atoms with Crippen LogP contribution in [0.5, 0.6) is 0 Å². The normalized spacial score (nSPS) is 14.0. The quantitative estimate of drug-likeness (QED) is 0.679. The first kappa shape index (κ1) is 19.1. The molecule has 0 unspecified atom stereocenters. The third kappa shape index (κ3) is 4.78. The summed E-state index contributed by atoms with van der Waals surface area (Å²) in [5, 5.41) is 6.33. The standard InChI is InChI=1S/C21H23FN6O/c1-14-6-7-18(12-15(14)2)24-20-25-19(23-17-5-3-4-16(22)13-17)26-21(27-20)28-8-10-29-11-9-28/h3-7,12-13H,8-11H2,1-2H3,(H2,23,24,25,26,27). The lowest BCUT2D eigenvalue weighted by Crippen LogP contribution is -2.37. The van der Waals surface area contributed by atoms with Gasteiger partial charge in [0, 0.05) is 24.5 Å². The van der Waals surface area contributed by atoms with Crippen molar-refractivity contribution in [1.82, 2.24) is 15.0 Å². The molecule has 2 aromatic carbocycles. The second kappa shape index (κ2) is 8.40. The van der Waals surface area contributed by atoms with E-state index in [0.717, 1.165) is 5.69 Å². The Morgan fingerprint density at radius 2 is 1.55 bits per heavy atom. The summed E-state index contributed by atoms with van der Waals surface area (Å²) in [5.74, 6) is 0.988. The van der Waals surface area contributed by atoms with E-state index in [2.05, 4.69) is 39.4 Å². The molecule has 0 saturated carbocycles. The third-order valence-corrected chi connectivity index (χ3v) is 4.76. The predicted octanol–water partition coefficient (Wildman–Crippen LogP) is 3.95. The van der Waals surface area contributed by atoms with Crippen molar-refractivity contribution in [2.24, 2.45) is 0 Å². The molecule has 2 N–H and O–H groups in total. The van der Waals surface area contributed by atoms with Gasteiger partial charge in [0.25, 0.3) is 0 Å². The van der Waals surface area contributed by atoms with Gasteiger partial charge in [0.15, 0.2) is 0 Å². The fraction of sp³-hybridized carbons (Fsp3) is 0.286. The maximum absolute atomic E-state index is 13.5. The topological polar surface area (TPSA) is 75.2 Å². The lowest BCUT2D eigenvalue weighted by Gasteiger charge is -2.27.